The first-order valence-electron chi connectivity index (χ1n) is 14.3. The van der Waals surface area contributed by atoms with E-state index in [2.05, 4.69) is 27.3 Å². The maximum absolute atomic E-state index is 11.0. The fraction of sp³-hybridized carbons (Fsp3) is 0.364. The van der Waals surface area contributed by atoms with Crippen molar-refractivity contribution in [1.82, 2.24) is 10.3 Å². The number of ether oxygens (including phenoxy) is 4. The summed E-state index contributed by atoms with van der Waals surface area (Å²) in [7, 11) is 1.73. The lowest BCUT2D eigenvalue weighted by molar-refractivity contribution is -0.0328. The van der Waals surface area contributed by atoms with Crippen LogP contribution >= 0.6 is 0 Å². The molecule has 0 unspecified atom stereocenters. The lowest BCUT2D eigenvalue weighted by Gasteiger charge is -2.36. The number of aromatic nitrogens is 1. The normalized spacial score (nSPS) is 20.4. The molecule has 3 heterocycles. The second-order valence-corrected chi connectivity index (χ2v) is 10.6. The van der Waals surface area contributed by atoms with Crippen molar-refractivity contribution in [2.24, 2.45) is 0 Å². The summed E-state index contributed by atoms with van der Waals surface area (Å²) in [5.41, 5.74) is 4.09. The van der Waals surface area contributed by atoms with Crippen LogP contribution in [0.2, 0.25) is 0 Å². The molecule has 2 aliphatic rings. The van der Waals surface area contributed by atoms with Crippen molar-refractivity contribution >= 4 is 16.6 Å². The quantitative estimate of drug-likeness (QED) is 0.268. The fourth-order valence-electron chi connectivity index (χ4n) is 5.70. The number of nitrogens with one attached hydrogen (secondary N) is 1. The van der Waals surface area contributed by atoms with E-state index < -0.39 is 6.10 Å². The summed E-state index contributed by atoms with van der Waals surface area (Å²) in [6.45, 7) is 4.84. The number of rotatable bonds is 10. The number of nitrogens with zero attached hydrogens (tertiary/aromatic N) is 2. The molecule has 8 heteroatoms. The number of benzene rings is 3. The lowest BCUT2D eigenvalue weighted by Crippen LogP contribution is -2.49. The van der Waals surface area contributed by atoms with Gasteiger partial charge in [-0.3, -0.25) is 0 Å². The molecular weight excluding hydrogens is 518 g/mol. The molecule has 6 rings (SSSR count). The maximum Gasteiger partial charge on any atom is 0.219 e. The van der Waals surface area contributed by atoms with Gasteiger partial charge in [0.15, 0.2) is 0 Å². The van der Waals surface area contributed by atoms with Crippen molar-refractivity contribution in [3.05, 3.63) is 90.0 Å². The van der Waals surface area contributed by atoms with Crippen LogP contribution in [0, 0.1) is 0 Å². The SMILES string of the molecule is COCCCN1CCOc2ccc(CO[C@H]3CNC[C@@H](O)[C@@H]3c3ccc(Oc4ccc5ccccc5n4)cc3)cc21. The number of pyridine rings is 1. The van der Waals surface area contributed by atoms with Gasteiger partial charge in [0.2, 0.25) is 5.88 Å². The zero-order valence-corrected chi connectivity index (χ0v) is 23.4. The Morgan fingerprint density at radius 2 is 1.90 bits per heavy atom. The van der Waals surface area contributed by atoms with Crippen LogP contribution in [-0.4, -0.2) is 68.8 Å². The number of β-amino-alcohol motifs (C(OH)–C–C–N with tert-alkyl or cyclic N) is 1. The molecule has 0 radical (unpaired) electrons. The topological polar surface area (TPSA) is 85.3 Å². The van der Waals surface area contributed by atoms with Crippen LogP contribution in [0.4, 0.5) is 5.69 Å². The molecule has 0 spiro atoms. The van der Waals surface area contributed by atoms with Gasteiger partial charge >= 0.3 is 0 Å². The van der Waals surface area contributed by atoms with Crippen LogP contribution in [0.25, 0.3) is 10.9 Å². The van der Waals surface area contributed by atoms with Crippen LogP contribution in [0.5, 0.6) is 17.4 Å². The highest BCUT2D eigenvalue weighted by molar-refractivity contribution is 5.78. The van der Waals surface area contributed by atoms with E-state index in [4.69, 9.17) is 18.9 Å². The molecule has 2 N–H and O–H groups in total. The summed E-state index contributed by atoms with van der Waals surface area (Å²) in [6.07, 6.45) is 0.223. The monoisotopic (exact) mass is 555 g/mol. The zero-order valence-electron chi connectivity index (χ0n) is 23.4. The van der Waals surface area contributed by atoms with Crippen molar-refractivity contribution < 1.29 is 24.1 Å². The van der Waals surface area contributed by atoms with Crippen molar-refractivity contribution in [2.75, 3.05) is 51.4 Å². The maximum atomic E-state index is 11.0. The molecular formula is C33H37N3O5. The summed E-state index contributed by atoms with van der Waals surface area (Å²) >= 11 is 0. The summed E-state index contributed by atoms with van der Waals surface area (Å²) in [5, 5.41) is 15.4. The first kappa shape index (κ1) is 27.5. The van der Waals surface area contributed by atoms with E-state index in [0.717, 1.165) is 59.6 Å². The van der Waals surface area contributed by atoms with Crippen molar-refractivity contribution in [3.63, 3.8) is 0 Å². The largest absolute Gasteiger partial charge is 0.490 e. The number of fused-ring (bicyclic) bond motifs is 2. The van der Waals surface area contributed by atoms with Gasteiger partial charge in [-0.1, -0.05) is 36.4 Å². The molecule has 1 saturated heterocycles. The Bertz CT molecular complexity index is 1450. The highest BCUT2D eigenvalue weighted by atomic mass is 16.5. The lowest BCUT2D eigenvalue weighted by atomic mass is 9.85. The van der Waals surface area contributed by atoms with E-state index in [0.29, 0.717) is 37.9 Å². The third kappa shape index (κ3) is 6.47. The predicted molar refractivity (Wildman–Crippen MR) is 159 cm³/mol. The molecule has 1 fully saturated rings. The van der Waals surface area contributed by atoms with Gasteiger partial charge in [0.05, 0.1) is 36.6 Å². The van der Waals surface area contributed by atoms with Gasteiger partial charge in [0.25, 0.3) is 0 Å². The molecule has 0 amide bonds. The molecule has 41 heavy (non-hydrogen) atoms. The predicted octanol–water partition coefficient (Wildman–Crippen LogP) is 4.90. The van der Waals surface area contributed by atoms with Crippen LogP contribution < -0.4 is 19.7 Å². The molecule has 8 nitrogen and oxygen atoms in total. The van der Waals surface area contributed by atoms with Gasteiger partial charge in [-0.15, -0.1) is 0 Å². The van der Waals surface area contributed by atoms with Crippen LogP contribution in [0.1, 0.15) is 23.5 Å². The average Bonchev–Trinajstić information content (AvgIpc) is 3.01. The molecule has 3 atom stereocenters. The number of methoxy groups -OCH3 is 1. The second-order valence-electron chi connectivity index (χ2n) is 10.6. The highest BCUT2D eigenvalue weighted by Gasteiger charge is 2.34. The van der Waals surface area contributed by atoms with Crippen LogP contribution in [-0.2, 0) is 16.1 Å². The van der Waals surface area contributed by atoms with E-state index in [1.165, 1.54) is 0 Å². The standard InChI is InChI=1S/C33H37N3O5/c1-38-17-4-15-36-16-18-39-30-13-7-23(19-28(30)36)22-40-31-21-34-20-29(37)33(31)25-8-11-26(12-9-25)41-32-14-10-24-5-2-3-6-27(24)35-32/h2-3,5-14,19,29,31,33-34,37H,4,15-18,20-22H2,1H3/t29-,31+,33+/m1/s1. The fourth-order valence-corrected chi connectivity index (χ4v) is 5.70. The molecule has 2 aliphatic heterocycles. The first-order valence-corrected chi connectivity index (χ1v) is 14.3. The van der Waals surface area contributed by atoms with Gasteiger partial charge in [-0.05, 0) is 53.9 Å². The smallest absolute Gasteiger partial charge is 0.219 e. The van der Waals surface area contributed by atoms with E-state index in [-0.39, 0.29) is 12.0 Å². The number of para-hydroxylation sites is 1. The Kier molecular flexibility index (Phi) is 8.63. The molecule has 214 valence electrons. The third-order valence-electron chi connectivity index (χ3n) is 7.80. The van der Waals surface area contributed by atoms with E-state index in [9.17, 15) is 5.11 Å². The zero-order chi connectivity index (χ0) is 28.0. The van der Waals surface area contributed by atoms with Crippen LogP contribution in [0.3, 0.4) is 0 Å². The molecule has 0 saturated carbocycles. The number of anilines is 1. The van der Waals surface area contributed by atoms with Gasteiger partial charge in [-0.2, -0.15) is 0 Å². The van der Waals surface area contributed by atoms with Gasteiger partial charge in [-0.25, -0.2) is 4.98 Å². The average molecular weight is 556 g/mol. The Balaban J connectivity index is 1.12. The molecule has 4 aromatic rings. The molecule has 0 bridgehead atoms. The van der Waals surface area contributed by atoms with Gasteiger partial charge < -0.3 is 34.3 Å². The Morgan fingerprint density at radius 3 is 2.78 bits per heavy atom. The molecule has 0 aliphatic carbocycles. The number of aliphatic hydroxyl groups excluding tert-OH is 1. The number of hydrogen-bond donors (Lipinski definition) is 2. The summed E-state index contributed by atoms with van der Waals surface area (Å²) < 4.78 is 23.6. The van der Waals surface area contributed by atoms with Crippen molar-refractivity contribution in [2.45, 2.75) is 31.2 Å². The Labute approximate surface area is 240 Å². The summed E-state index contributed by atoms with van der Waals surface area (Å²) in [5.74, 6) is 2.00. The minimum absolute atomic E-state index is 0.157. The first-order chi connectivity index (χ1) is 20.2. The minimum atomic E-state index is -0.559. The van der Waals surface area contributed by atoms with E-state index >= 15 is 0 Å². The van der Waals surface area contributed by atoms with E-state index in [1.54, 1.807) is 7.11 Å². The molecule has 1 aromatic heterocycles. The van der Waals surface area contributed by atoms with Crippen molar-refractivity contribution in [1.29, 1.82) is 0 Å². The number of hydrogen-bond acceptors (Lipinski definition) is 8. The molecule has 3 aromatic carbocycles. The van der Waals surface area contributed by atoms with Gasteiger partial charge in [0.1, 0.15) is 18.1 Å². The summed E-state index contributed by atoms with van der Waals surface area (Å²) in [6, 6.07) is 26.0. The van der Waals surface area contributed by atoms with Crippen LogP contribution in [0.15, 0.2) is 78.9 Å². The van der Waals surface area contributed by atoms with Gasteiger partial charge in [0, 0.05) is 50.7 Å². The Hall–Kier alpha value is -3.69. The third-order valence-corrected chi connectivity index (χ3v) is 7.80. The Morgan fingerprint density at radius 1 is 1.02 bits per heavy atom. The highest BCUT2D eigenvalue weighted by Crippen LogP contribution is 2.34. The second kappa shape index (κ2) is 12.9. The number of piperidine rings is 1. The van der Waals surface area contributed by atoms with E-state index in [1.807, 2.05) is 66.7 Å². The summed E-state index contributed by atoms with van der Waals surface area (Å²) in [4.78, 5) is 6.96. The minimum Gasteiger partial charge on any atom is -0.490 e. The van der Waals surface area contributed by atoms with Crippen molar-refractivity contribution in [3.8, 4) is 17.4 Å². The number of aliphatic hydroxyl groups is 1.